The zero-order chi connectivity index (χ0) is 2.71. The fourth-order valence-corrected chi connectivity index (χ4v) is 0. The van der Waals surface area contributed by atoms with Crippen LogP contribution in [0.15, 0.2) is 0 Å². The van der Waals surface area contributed by atoms with E-state index in [-0.39, 0.29) is 47.7 Å². The van der Waals surface area contributed by atoms with Crippen molar-refractivity contribution in [1.29, 1.82) is 5.26 Å². The molecule has 0 amide bonds. The molecule has 0 fully saturated rings. The van der Waals surface area contributed by atoms with Gasteiger partial charge in [0.25, 0.3) is 0 Å². The van der Waals surface area contributed by atoms with Gasteiger partial charge in [-0.1, -0.05) is 0 Å². The van der Waals surface area contributed by atoms with Crippen LogP contribution in [0.4, 0.5) is 18.8 Å². The van der Waals surface area contributed by atoms with Gasteiger partial charge in [0.1, 0.15) is 0 Å². The molecule has 0 atom stereocenters. The van der Waals surface area contributed by atoms with Crippen molar-refractivity contribution in [3.8, 4) is 6.07 Å². The molecule has 0 bridgehead atoms. The summed E-state index contributed by atoms with van der Waals surface area (Å²) in [6, 6.07) is 1.75. The summed E-state index contributed by atoms with van der Waals surface area (Å²) >= 11 is 0. The van der Waals surface area contributed by atoms with E-state index in [1.807, 2.05) is 0 Å². The quantitative estimate of drug-likeness (QED) is 0.431. The van der Waals surface area contributed by atoms with E-state index < -0.39 is 0 Å². The van der Waals surface area contributed by atoms with Gasteiger partial charge < -0.3 is 0 Å². The van der Waals surface area contributed by atoms with Crippen molar-refractivity contribution in [2.75, 3.05) is 0 Å². The summed E-state index contributed by atoms with van der Waals surface area (Å²) in [6.45, 7) is 1.43. The molecule has 0 radical (unpaired) electrons. The Morgan fingerprint density at radius 1 is 1.00 bits per heavy atom. The normalized spacial score (nSPS) is 0.889. The molecule has 0 aliphatic heterocycles. The van der Waals surface area contributed by atoms with Crippen LogP contribution in [0.25, 0.3) is 0 Å². The molecular formula is C2H10BF4NPd. The fraction of sp³-hybridized carbons (Fsp3) is 0.500. The molecule has 0 N–H and O–H groups in total. The van der Waals surface area contributed by atoms with Crippen LogP contribution in [0.3, 0.4) is 0 Å². The van der Waals surface area contributed by atoms with Crippen molar-refractivity contribution < 1.29 is 39.2 Å². The zero-order valence-corrected chi connectivity index (χ0v) is 5.45. The van der Waals surface area contributed by atoms with E-state index >= 15 is 0 Å². The van der Waals surface area contributed by atoms with E-state index in [1.165, 1.54) is 6.92 Å². The number of hydrogen-bond acceptors (Lipinski definition) is 1. The Morgan fingerprint density at radius 2 is 1.00 bits per heavy atom. The number of hydrogen-bond donors (Lipinski definition) is 0. The molecule has 0 aromatic rings. The first-order chi connectivity index (χ1) is 1.41. The topological polar surface area (TPSA) is 23.8 Å². The van der Waals surface area contributed by atoms with Crippen LogP contribution < -0.4 is 0 Å². The largest absolute Gasteiger partial charge is 0.269 e. The average Bonchev–Trinajstić information content (AvgIpc) is 0.918. The molecule has 9 heavy (non-hydrogen) atoms. The predicted molar refractivity (Wildman–Crippen MR) is 31.2 cm³/mol. The standard InChI is InChI=1S/C2H3N.BH3.4FH.Pd/c1-2-3;;;;;;/h1H3;1H3;4*1H;. The number of nitrogens with zero attached hydrogens (tertiary/aromatic N) is 1. The smallest absolute Gasteiger partial charge is 0.0814 e. The molecule has 0 heterocycles. The Balaban J connectivity index is -0.00000000133. The van der Waals surface area contributed by atoms with Crippen molar-refractivity contribution in [3.63, 3.8) is 0 Å². The van der Waals surface area contributed by atoms with Gasteiger partial charge >= 0.3 is 0 Å². The van der Waals surface area contributed by atoms with Crippen LogP contribution in [0.5, 0.6) is 0 Å². The minimum absolute atomic E-state index is 0. The van der Waals surface area contributed by atoms with Crippen LogP contribution in [0.2, 0.25) is 0 Å². The van der Waals surface area contributed by atoms with Gasteiger partial charge in [0, 0.05) is 27.3 Å². The minimum atomic E-state index is 0. The van der Waals surface area contributed by atoms with Gasteiger partial charge in [-0.25, -0.2) is 0 Å². The molecule has 0 unspecified atom stereocenters. The van der Waals surface area contributed by atoms with Crippen molar-refractivity contribution in [2.24, 2.45) is 0 Å². The van der Waals surface area contributed by atoms with Gasteiger partial charge in [0.15, 0.2) is 0 Å². The van der Waals surface area contributed by atoms with E-state index in [2.05, 4.69) is 0 Å². The summed E-state index contributed by atoms with van der Waals surface area (Å²) in [5.74, 6) is 0. The van der Waals surface area contributed by atoms with Crippen molar-refractivity contribution in [1.82, 2.24) is 0 Å². The van der Waals surface area contributed by atoms with Crippen LogP contribution >= 0.6 is 0 Å². The van der Waals surface area contributed by atoms with Crippen molar-refractivity contribution >= 4 is 8.41 Å². The Hall–Kier alpha value is -0.0627. The first-order valence-electron chi connectivity index (χ1n) is 0.724. The minimum Gasteiger partial charge on any atom is -0.269 e. The summed E-state index contributed by atoms with van der Waals surface area (Å²) in [5, 5.41) is 7.32. The molecule has 1 nitrogen and oxygen atoms in total. The van der Waals surface area contributed by atoms with E-state index in [0.29, 0.717) is 0 Å². The summed E-state index contributed by atoms with van der Waals surface area (Å²) in [5.41, 5.74) is 0. The van der Waals surface area contributed by atoms with E-state index in [4.69, 9.17) is 5.26 Å². The van der Waals surface area contributed by atoms with E-state index in [1.54, 1.807) is 6.07 Å². The van der Waals surface area contributed by atoms with Crippen LogP contribution in [0.1, 0.15) is 6.92 Å². The van der Waals surface area contributed by atoms with Gasteiger partial charge in [-0.05, 0) is 0 Å². The van der Waals surface area contributed by atoms with Crippen LogP contribution in [-0.4, -0.2) is 8.41 Å². The maximum absolute atomic E-state index is 7.32. The number of nitriles is 1. The Bertz CT molecular complexity index is 40.0. The SMILES string of the molecule is B.CC#N.F.F.F.F.[Pd]. The van der Waals surface area contributed by atoms with Crippen LogP contribution in [0, 0.1) is 11.3 Å². The first-order valence-corrected chi connectivity index (χ1v) is 0.724. The van der Waals surface area contributed by atoms with Crippen LogP contribution in [-0.2, 0) is 20.4 Å². The molecule has 0 spiro atoms. The summed E-state index contributed by atoms with van der Waals surface area (Å²) < 4.78 is 0. The third-order valence-corrected chi connectivity index (χ3v) is 0. The number of halogens is 4. The Labute approximate surface area is 66.5 Å². The van der Waals surface area contributed by atoms with Gasteiger partial charge in [-0.15, -0.1) is 0 Å². The van der Waals surface area contributed by atoms with E-state index in [0.717, 1.165) is 0 Å². The molecule has 0 saturated heterocycles. The maximum atomic E-state index is 7.32. The Kier molecular flexibility index (Phi) is 7250. The van der Waals surface area contributed by atoms with Gasteiger partial charge in [-0.2, -0.15) is 5.26 Å². The molecule has 0 rings (SSSR count). The first kappa shape index (κ1) is 150. The fourth-order valence-electron chi connectivity index (χ4n) is 0. The molecule has 0 aliphatic carbocycles. The van der Waals surface area contributed by atoms with Crippen molar-refractivity contribution in [3.05, 3.63) is 0 Å². The predicted octanol–water partition coefficient (Wildman–Crippen LogP) is -0.0465. The second-order valence-electron chi connectivity index (χ2n) is 0.224. The van der Waals surface area contributed by atoms with Gasteiger partial charge in [-0.3, -0.25) is 18.8 Å². The average molecular weight is 241 g/mol. The van der Waals surface area contributed by atoms with Gasteiger partial charge in [0.2, 0.25) is 0 Å². The molecule has 0 aliphatic rings. The molecule has 7 heteroatoms. The number of rotatable bonds is 0. The summed E-state index contributed by atoms with van der Waals surface area (Å²) in [4.78, 5) is 0. The molecular weight excluding hydrogens is 231 g/mol. The van der Waals surface area contributed by atoms with E-state index in [9.17, 15) is 0 Å². The summed E-state index contributed by atoms with van der Waals surface area (Å²) in [7, 11) is 0. The zero-order valence-electron chi connectivity index (χ0n) is 3.90. The second kappa shape index (κ2) is 435. The third kappa shape index (κ3) is 71100. The molecule has 0 aromatic heterocycles. The summed E-state index contributed by atoms with van der Waals surface area (Å²) in [6.07, 6.45) is 0. The molecule has 0 saturated carbocycles. The maximum Gasteiger partial charge on any atom is 0.0814 e. The molecule has 64 valence electrons. The second-order valence-corrected chi connectivity index (χ2v) is 0.224. The molecule has 0 aromatic carbocycles. The third-order valence-electron chi connectivity index (χ3n) is 0. The monoisotopic (exact) mass is 241 g/mol. The van der Waals surface area contributed by atoms with Gasteiger partial charge in [0.05, 0.1) is 14.5 Å². The Morgan fingerprint density at radius 3 is 1.00 bits per heavy atom. The van der Waals surface area contributed by atoms with Crippen molar-refractivity contribution in [2.45, 2.75) is 6.92 Å².